The average molecular weight is 498 g/mol. The van der Waals surface area contributed by atoms with Crippen molar-refractivity contribution in [3.63, 3.8) is 0 Å². The summed E-state index contributed by atoms with van der Waals surface area (Å²) in [5.74, 6) is 0.702. The summed E-state index contributed by atoms with van der Waals surface area (Å²) in [5.41, 5.74) is 8.71. The number of imidazole rings is 1. The molecule has 0 aliphatic rings. The standard InChI is InChI=1S/C36H23N3/c1-3-13-24(14-4-1)33-23-31(38-36-37-30-21-11-12-22-32(30)39(33)36)35-28-19-9-7-17-26(28)34(25-15-5-2-6-16-25)27-18-8-10-20-29(27)35/h1-23H. The molecule has 39 heavy (non-hydrogen) atoms. The van der Waals surface area contributed by atoms with Crippen molar-refractivity contribution in [3.8, 4) is 33.6 Å². The van der Waals surface area contributed by atoms with Gasteiger partial charge in [0.05, 0.1) is 22.4 Å². The number of hydrogen-bond acceptors (Lipinski definition) is 2. The maximum atomic E-state index is 5.22. The number of benzene rings is 6. The average Bonchev–Trinajstić information content (AvgIpc) is 3.39. The molecule has 182 valence electrons. The summed E-state index contributed by atoms with van der Waals surface area (Å²) < 4.78 is 2.18. The van der Waals surface area contributed by atoms with Crippen molar-refractivity contribution in [1.82, 2.24) is 14.4 Å². The molecule has 3 heteroatoms. The second-order valence-electron chi connectivity index (χ2n) is 9.84. The van der Waals surface area contributed by atoms with E-state index in [0.29, 0.717) is 5.78 Å². The van der Waals surface area contributed by atoms with Crippen LogP contribution in [-0.2, 0) is 0 Å². The minimum absolute atomic E-state index is 0.702. The highest BCUT2D eigenvalue weighted by molar-refractivity contribution is 6.21. The van der Waals surface area contributed by atoms with Crippen LogP contribution < -0.4 is 0 Å². The van der Waals surface area contributed by atoms with Crippen LogP contribution in [0.5, 0.6) is 0 Å². The summed E-state index contributed by atoms with van der Waals surface area (Å²) in [6.45, 7) is 0. The molecule has 0 fully saturated rings. The van der Waals surface area contributed by atoms with Crippen LogP contribution in [0.3, 0.4) is 0 Å². The lowest BCUT2D eigenvalue weighted by Gasteiger charge is -2.18. The zero-order valence-electron chi connectivity index (χ0n) is 21.1. The van der Waals surface area contributed by atoms with Crippen LogP contribution in [0.1, 0.15) is 0 Å². The SMILES string of the molecule is c1ccc(-c2c3ccccc3c(-c3cc(-c4ccccc4)n4c(n3)nc3ccccc34)c3ccccc23)cc1. The van der Waals surface area contributed by atoms with Crippen LogP contribution in [0.15, 0.2) is 140 Å². The molecule has 0 bridgehead atoms. The first-order valence-electron chi connectivity index (χ1n) is 13.2. The van der Waals surface area contributed by atoms with Crippen LogP contribution in [-0.4, -0.2) is 14.4 Å². The van der Waals surface area contributed by atoms with Crippen LogP contribution >= 0.6 is 0 Å². The predicted octanol–water partition coefficient (Wildman–Crippen LogP) is 9.19. The molecule has 6 aromatic carbocycles. The molecule has 0 atom stereocenters. The smallest absolute Gasteiger partial charge is 0.235 e. The maximum Gasteiger partial charge on any atom is 0.235 e. The predicted molar refractivity (Wildman–Crippen MR) is 162 cm³/mol. The molecule has 0 spiro atoms. The van der Waals surface area contributed by atoms with E-state index >= 15 is 0 Å². The van der Waals surface area contributed by atoms with Crippen molar-refractivity contribution in [3.05, 3.63) is 140 Å². The summed E-state index contributed by atoms with van der Waals surface area (Å²) in [5, 5.41) is 4.80. The third kappa shape index (κ3) is 3.37. The maximum absolute atomic E-state index is 5.22. The molecule has 2 heterocycles. The largest absolute Gasteiger partial charge is 0.276 e. The lowest BCUT2D eigenvalue weighted by Crippen LogP contribution is -1.99. The Morgan fingerprint density at radius 1 is 0.436 bits per heavy atom. The number of rotatable bonds is 3. The van der Waals surface area contributed by atoms with Crippen molar-refractivity contribution < 1.29 is 0 Å². The van der Waals surface area contributed by atoms with Crippen molar-refractivity contribution >= 4 is 38.4 Å². The lowest BCUT2D eigenvalue weighted by atomic mass is 9.87. The van der Waals surface area contributed by atoms with Gasteiger partial charge in [0, 0.05) is 5.56 Å². The van der Waals surface area contributed by atoms with Crippen LogP contribution in [0.2, 0.25) is 0 Å². The van der Waals surface area contributed by atoms with Crippen LogP contribution in [0, 0.1) is 0 Å². The topological polar surface area (TPSA) is 30.2 Å². The Morgan fingerprint density at radius 2 is 0.949 bits per heavy atom. The number of hydrogen-bond donors (Lipinski definition) is 0. The Bertz CT molecular complexity index is 2100. The van der Waals surface area contributed by atoms with E-state index in [1.165, 1.54) is 32.7 Å². The molecule has 0 N–H and O–H groups in total. The Morgan fingerprint density at radius 3 is 1.59 bits per heavy atom. The van der Waals surface area contributed by atoms with Gasteiger partial charge < -0.3 is 0 Å². The van der Waals surface area contributed by atoms with E-state index in [-0.39, 0.29) is 0 Å². The van der Waals surface area contributed by atoms with Gasteiger partial charge >= 0.3 is 0 Å². The highest BCUT2D eigenvalue weighted by atomic mass is 15.1. The molecule has 0 amide bonds. The van der Waals surface area contributed by atoms with Crippen molar-refractivity contribution in [2.24, 2.45) is 0 Å². The van der Waals surface area contributed by atoms with E-state index in [9.17, 15) is 0 Å². The van der Waals surface area contributed by atoms with Gasteiger partial charge in [-0.2, -0.15) is 0 Å². The Balaban J connectivity index is 1.54. The van der Waals surface area contributed by atoms with Gasteiger partial charge in [-0.15, -0.1) is 0 Å². The number of fused-ring (bicyclic) bond motifs is 5. The Hall–Kier alpha value is -5.28. The highest BCUT2D eigenvalue weighted by Crippen LogP contribution is 2.43. The zero-order valence-corrected chi connectivity index (χ0v) is 21.1. The van der Waals surface area contributed by atoms with E-state index in [4.69, 9.17) is 9.97 Å². The third-order valence-corrected chi connectivity index (χ3v) is 7.60. The minimum atomic E-state index is 0.702. The summed E-state index contributed by atoms with van der Waals surface area (Å²) in [6, 6.07) is 49.1. The number of nitrogens with zero attached hydrogens (tertiary/aromatic N) is 3. The zero-order chi connectivity index (χ0) is 25.8. The summed E-state index contributed by atoms with van der Waals surface area (Å²) in [7, 11) is 0. The molecule has 0 aliphatic carbocycles. The first kappa shape index (κ1) is 21.8. The monoisotopic (exact) mass is 497 g/mol. The molecular weight excluding hydrogens is 474 g/mol. The third-order valence-electron chi connectivity index (χ3n) is 7.60. The second kappa shape index (κ2) is 8.64. The fourth-order valence-corrected chi connectivity index (χ4v) is 5.93. The summed E-state index contributed by atoms with van der Waals surface area (Å²) in [4.78, 5) is 10.2. The van der Waals surface area contributed by atoms with Gasteiger partial charge in [-0.25, -0.2) is 9.97 Å². The molecule has 0 saturated carbocycles. The molecular formula is C36H23N3. The van der Waals surface area contributed by atoms with Crippen LogP contribution in [0.4, 0.5) is 0 Å². The quantitative estimate of drug-likeness (QED) is 0.228. The molecule has 8 aromatic rings. The van der Waals surface area contributed by atoms with Crippen molar-refractivity contribution in [2.45, 2.75) is 0 Å². The molecule has 0 unspecified atom stereocenters. The number of aromatic nitrogens is 3. The van der Waals surface area contributed by atoms with Crippen molar-refractivity contribution in [1.29, 1.82) is 0 Å². The Kier molecular flexibility index (Phi) is 4.82. The normalized spacial score (nSPS) is 11.6. The van der Waals surface area contributed by atoms with Gasteiger partial charge in [-0.3, -0.25) is 4.40 Å². The minimum Gasteiger partial charge on any atom is -0.276 e. The first-order chi connectivity index (χ1) is 19.4. The van der Waals surface area contributed by atoms with E-state index in [0.717, 1.165) is 33.5 Å². The van der Waals surface area contributed by atoms with Gasteiger partial charge in [-0.05, 0) is 56.4 Å². The van der Waals surface area contributed by atoms with E-state index < -0.39 is 0 Å². The lowest BCUT2D eigenvalue weighted by molar-refractivity contribution is 1.15. The molecule has 0 radical (unpaired) electrons. The van der Waals surface area contributed by atoms with Gasteiger partial charge in [0.15, 0.2) is 0 Å². The molecule has 2 aromatic heterocycles. The van der Waals surface area contributed by atoms with E-state index in [2.05, 4.69) is 138 Å². The van der Waals surface area contributed by atoms with Crippen LogP contribution in [0.25, 0.3) is 72.0 Å². The van der Waals surface area contributed by atoms with Gasteiger partial charge in [-0.1, -0.05) is 121 Å². The van der Waals surface area contributed by atoms with Gasteiger partial charge in [0.25, 0.3) is 0 Å². The van der Waals surface area contributed by atoms with Gasteiger partial charge in [0.1, 0.15) is 0 Å². The second-order valence-corrected chi connectivity index (χ2v) is 9.84. The molecule has 3 nitrogen and oxygen atoms in total. The molecule has 0 aliphatic heterocycles. The highest BCUT2D eigenvalue weighted by Gasteiger charge is 2.20. The number of para-hydroxylation sites is 2. The van der Waals surface area contributed by atoms with Crippen molar-refractivity contribution in [2.75, 3.05) is 0 Å². The molecule has 0 saturated heterocycles. The fraction of sp³-hybridized carbons (Fsp3) is 0. The first-order valence-corrected chi connectivity index (χ1v) is 13.2. The van der Waals surface area contributed by atoms with Gasteiger partial charge in [0.2, 0.25) is 5.78 Å². The van der Waals surface area contributed by atoms with E-state index in [1.807, 2.05) is 6.07 Å². The van der Waals surface area contributed by atoms with E-state index in [1.54, 1.807) is 0 Å². The molecule has 8 rings (SSSR count). The summed E-state index contributed by atoms with van der Waals surface area (Å²) >= 11 is 0. The summed E-state index contributed by atoms with van der Waals surface area (Å²) in [6.07, 6.45) is 0. The Labute approximate surface area is 225 Å². The fourth-order valence-electron chi connectivity index (χ4n) is 5.93.